The number of halogens is 1. The van der Waals surface area contributed by atoms with E-state index in [4.69, 9.17) is 21.1 Å². The molecule has 0 unspecified atom stereocenters. The molecule has 0 amide bonds. The number of benzene rings is 1. The van der Waals surface area contributed by atoms with Crippen molar-refractivity contribution in [3.63, 3.8) is 0 Å². The number of carbonyl (C=O) groups is 1. The summed E-state index contributed by atoms with van der Waals surface area (Å²) in [6.07, 6.45) is 2.14. The third-order valence-electron chi connectivity index (χ3n) is 5.13. The molecule has 1 aromatic carbocycles. The van der Waals surface area contributed by atoms with Crippen molar-refractivity contribution < 1.29 is 19.4 Å². The maximum Gasteiger partial charge on any atom is 0.341 e. The van der Waals surface area contributed by atoms with Crippen molar-refractivity contribution in [3.05, 3.63) is 50.8 Å². The first-order valence-corrected chi connectivity index (χ1v) is 10.2. The van der Waals surface area contributed by atoms with Crippen molar-refractivity contribution in [2.75, 3.05) is 25.3 Å². The summed E-state index contributed by atoms with van der Waals surface area (Å²) in [5.74, 6) is -0.675. The van der Waals surface area contributed by atoms with Crippen LogP contribution in [-0.4, -0.2) is 41.6 Å². The summed E-state index contributed by atoms with van der Waals surface area (Å²) in [6.45, 7) is 9.22. The summed E-state index contributed by atoms with van der Waals surface area (Å²) in [5.41, 5.74) is 1.17. The number of methoxy groups -OCH3 is 1. The maximum atomic E-state index is 12.5. The Labute approximate surface area is 180 Å². The molecule has 0 radical (unpaired) electrons. The lowest BCUT2D eigenvalue weighted by Crippen LogP contribution is -2.53. The zero-order chi connectivity index (χ0) is 22.2. The fourth-order valence-corrected chi connectivity index (χ4v) is 4.14. The minimum Gasteiger partial charge on any atom is -0.492 e. The van der Waals surface area contributed by atoms with Gasteiger partial charge in [0.25, 0.3) is 0 Å². The van der Waals surface area contributed by atoms with Crippen LogP contribution in [0.3, 0.4) is 0 Å². The van der Waals surface area contributed by atoms with E-state index in [0.717, 1.165) is 17.5 Å². The average Bonchev–Trinajstić information content (AvgIpc) is 2.65. The molecule has 0 aliphatic carbocycles. The summed E-state index contributed by atoms with van der Waals surface area (Å²) >= 11 is 6.48. The van der Waals surface area contributed by atoms with E-state index in [1.165, 1.54) is 12.3 Å². The largest absolute Gasteiger partial charge is 0.492 e. The highest BCUT2D eigenvalue weighted by Crippen LogP contribution is 2.43. The first-order valence-electron chi connectivity index (χ1n) is 9.81. The molecule has 2 heterocycles. The van der Waals surface area contributed by atoms with Gasteiger partial charge in [-0.25, -0.2) is 4.79 Å². The van der Waals surface area contributed by atoms with Gasteiger partial charge in [-0.2, -0.15) is 0 Å². The van der Waals surface area contributed by atoms with Crippen molar-refractivity contribution in [1.82, 2.24) is 4.68 Å². The van der Waals surface area contributed by atoms with E-state index in [2.05, 4.69) is 5.01 Å². The zero-order valence-electron chi connectivity index (χ0n) is 17.9. The van der Waals surface area contributed by atoms with Crippen LogP contribution in [0.4, 0.5) is 0 Å². The first kappa shape index (κ1) is 22.2. The van der Waals surface area contributed by atoms with Gasteiger partial charge in [0.2, 0.25) is 0 Å². The molecule has 1 aliphatic rings. The molecule has 0 saturated carbocycles. The zero-order valence-corrected chi connectivity index (χ0v) is 18.6. The Balaban J connectivity index is 2.18. The Hall–Kier alpha value is -2.51. The lowest BCUT2D eigenvalue weighted by atomic mass is 9.92. The number of fused-ring (bicyclic) bond motifs is 3. The van der Waals surface area contributed by atoms with Crippen LogP contribution in [0.2, 0.25) is 5.02 Å². The van der Waals surface area contributed by atoms with Gasteiger partial charge >= 0.3 is 5.97 Å². The van der Waals surface area contributed by atoms with E-state index >= 15 is 0 Å². The molecule has 1 aromatic heterocycles. The van der Waals surface area contributed by atoms with E-state index in [1.807, 2.05) is 33.8 Å². The summed E-state index contributed by atoms with van der Waals surface area (Å²) < 4.78 is 12.7. The van der Waals surface area contributed by atoms with E-state index in [-0.39, 0.29) is 17.1 Å². The highest BCUT2D eigenvalue weighted by atomic mass is 35.5. The first-order chi connectivity index (χ1) is 14.1. The van der Waals surface area contributed by atoms with Crippen LogP contribution in [0.5, 0.6) is 5.75 Å². The van der Waals surface area contributed by atoms with E-state index in [1.54, 1.807) is 17.9 Å². The Morgan fingerprint density at radius 2 is 1.93 bits per heavy atom. The molecule has 1 aliphatic heterocycles. The molecule has 3 rings (SSSR count). The molecule has 0 saturated heterocycles. The van der Waals surface area contributed by atoms with E-state index in [0.29, 0.717) is 29.7 Å². The summed E-state index contributed by atoms with van der Waals surface area (Å²) in [7, 11) is 1.64. The van der Waals surface area contributed by atoms with Gasteiger partial charge in [0.15, 0.2) is 5.43 Å². The topological polar surface area (TPSA) is 81.0 Å². The molecule has 8 heteroatoms. The number of aromatic carboxylic acids is 1. The number of carboxylic acids is 1. The van der Waals surface area contributed by atoms with Crippen LogP contribution in [-0.2, 0) is 4.74 Å². The number of rotatable bonds is 6. The number of hydrogen-bond donors (Lipinski definition) is 1. The third kappa shape index (κ3) is 4.04. The smallest absolute Gasteiger partial charge is 0.341 e. The Bertz CT molecular complexity index is 1030. The van der Waals surface area contributed by atoms with Crippen molar-refractivity contribution in [3.8, 4) is 17.0 Å². The van der Waals surface area contributed by atoms with Gasteiger partial charge in [-0.1, -0.05) is 11.6 Å². The molecular weight excluding hydrogens is 408 g/mol. The van der Waals surface area contributed by atoms with Crippen molar-refractivity contribution >= 4 is 17.6 Å². The lowest BCUT2D eigenvalue weighted by Gasteiger charge is -2.48. The normalized spacial score (nSPS) is 15.5. The monoisotopic (exact) mass is 434 g/mol. The Morgan fingerprint density at radius 3 is 2.53 bits per heavy atom. The predicted molar refractivity (Wildman–Crippen MR) is 116 cm³/mol. The van der Waals surface area contributed by atoms with Crippen LogP contribution >= 0.6 is 11.6 Å². The van der Waals surface area contributed by atoms with Crippen LogP contribution in [0.25, 0.3) is 11.3 Å². The molecule has 0 spiro atoms. The maximum absolute atomic E-state index is 12.5. The standard InChI is InChI=1S/C22H27ClN2O5/c1-13-14-10-20(30-8-6-7-29-5)17(23)9-15(14)18-11-19(26)16(21(27)28)12-24(18)25(13)22(2,3)4/h9-13H,6-8H2,1-5H3,(H,27,28)/t13-/m0/s1. The van der Waals surface area contributed by atoms with E-state index < -0.39 is 11.4 Å². The van der Waals surface area contributed by atoms with Crippen LogP contribution < -0.4 is 15.2 Å². The molecule has 30 heavy (non-hydrogen) atoms. The second-order valence-electron chi connectivity index (χ2n) is 8.34. The highest BCUT2D eigenvalue weighted by Gasteiger charge is 2.36. The highest BCUT2D eigenvalue weighted by molar-refractivity contribution is 6.32. The summed E-state index contributed by atoms with van der Waals surface area (Å²) in [6, 6.07) is 4.94. The molecular formula is C22H27ClN2O5. The number of aromatic nitrogens is 1. The fourth-order valence-electron chi connectivity index (χ4n) is 3.92. The number of pyridine rings is 1. The van der Waals surface area contributed by atoms with Gasteiger partial charge < -0.3 is 19.6 Å². The molecule has 1 N–H and O–H groups in total. The fraction of sp³-hybridized carbons (Fsp3) is 0.455. The summed E-state index contributed by atoms with van der Waals surface area (Å²) in [4.78, 5) is 24.0. The second-order valence-corrected chi connectivity index (χ2v) is 8.75. The van der Waals surface area contributed by atoms with Gasteiger partial charge in [-0.3, -0.25) is 9.47 Å². The number of nitrogens with zero attached hydrogens (tertiary/aromatic N) is 2. The number of hydrogen-bond acceptors (Lipinski definition) is 5. The van der Waals surface area contributed by atoms with Gasteiger partial charge in [0.1, 0.15) is 11.3 Å². The predicted octanol–water partition coefficient (Wildman–Crippen LogP) is 4.09. The van der Waals surface area contributed by atoms with Crippen LogP contribution in [0.1, 0.15) is 56.1 Å². The third-order valence-corrected chi connectivity index (χ3v) is 5.42. The Morgan fingerprint density at radius 1 is 1.23 bits per heavy atom. The molecule has 162 valence electrons. The molecule has 2 aromatic rings. The van der Waals surface area contributed by atoms with Crippen molar-refractivity contribution in [1.29, 1.82) is 0 Å². The molecule has 7 nitrogen and oxygen atoms in total. The van der Waals surface area contributed by atoms with Gasteiger partial charge in [-0.15, -0.1) is 0 Å². The van der Waals surface area contributed by atoms with Gasteiger partial charge in [-0.05, 0) is 45.4 Å². The molecule has 1 atom stereocenters. The minimum atomic E-state index is -1.25. The number of ether oxygens (including phenoxy) is 2. The van der Waals surface area contributed by atoms with Crippen molar-refractivity contribution in [2.24, 2.45) is 0 Å². The number of carboxylic acid groups (broad SMARTS) is 1. The second kappa shape index (κ2) is 8.32. The quantitative estimate of drug-likeness (QED) is 0.689. The summed E-state index contributed by atoms with van der Waals surface area (Å²) in [5, 5.41) is 11.9. The average molecular weight is 435 g/mol. The van der Waals surface area contributed by atoms with Gasteiger partial charge in [0, 0.05) is 43.5 Å². The van der Waals surface area contributed by atoms with E-state index in [9.17, 15) is 14.7 Å². The molecule has 0 bridgehead atoms. The minimum absolute atomic E-state index is 0.116. The van der Waals surface area contributed by atoms with Crippen LogP contribution in [0.15, 0.2) is 29.2 Å². The molecule has 0 fully saturated rings. The SMILES string of the molecule is COCCCOc1cc2c(cc1Cl)-c1cc(=O)c(C(=O)O)cn1N(C(C)(C)C)[C@H]2C. The van der Waals surface area contributed by atoms with Crippen molar-refractivity contribution in [2.45, 2.75) is 45.7 Å². The lowest BCUT2D eigenvalue weighted by molar-refractivity contribution is 0.0694. The van der Waals surface area contributed by atoms with Gasteiger partial charge in [0.05, 0.1) is 23.4 Å². The Kier molecular flexibility index (Phi) is 6.15. The van der Waals surface area contributed by atoms with Crippen LogP contribution in [0, 0.1) is 0 Å².